The molecule has 106 valence electrons. The summed E-state index contributed by atoms with van der Waals surface area (Å²) in [5.74, 6) is -0.0192. The minimum Gasteiger partial charge on any atom is -0.355 e. The maximum absolute atomic E-state index is 11.8. The number of rotatable bonds is 5. The normalized spacial score (nSPS) is 10.6. The first-order chi connectivity index (χ1) is 9.63. The van der Waals surface area contributed by atoms with Gasteiger partial charge in [-0.05, 0) is 26.0 Å². The van der Waals surface area contributed by atoms with Crippen molar-refractivity contribution in [2.24, 2.45) is 5.73 Å². The van der Waals surface area contributed by atoms with Gasteiger partial charge in [0.15, 0.2) is 0 Å². The van der Waals surface area contributed by atoms with E-state index in [4.69, 9.17) is 5.73 Å². The molecule has 0 bridgehead atoms. The van der Waals surface area contributed by atoms with E-state index in [0.29, 0.717) is 19.5 Å². The second kappa shape index (κ2) is 6.34. The molecule has 3 N–H and O–H groups in total. The molecular weight excluding hydrogens is 252 g/mol. The van der Waals surface area contributed by atoms with E-state index in [-0.39, 0.29) is 5.91 Å². The van der Waals surface area contributed by atoms with Crippen molar-refractivity contribution in [2.45, 2.75) is 20.3 Å². The number of hydrogen-bond donors (Lipinski definition) is 2. The largest absolute Gasteiger partial charge is 0.355 e. The molecule has 0 unspecified atom stereocenters. The molecule has 2 rings (SSSR count). The third kappa shape index (κ3) is 3.05. The van der Waals surface area contributed by atoms with Crippen molar-refractivity contribution < 1.29 is 4.79 Å². The topological polar surface area (TPSA) is 72.9 Å². The quantitative estimate of drug-likeness (QED) is 0.856. The molecule has 1 aromatic carbocycles. The van der Waals surface area contributed by atoms with E-state index < -0.39 is 0 Å². The average Bonchev–Trinajstić information content (AvgIpc) is 2.74. The van der Waals surface area contributed by atoms with Crippen molar-refractivity contribution in [3.05, 3.63) is 47.3 Å². The number of nitrogens with one attached hydrogen (secondary N) is 1. The standard InChI is InChI=1S/C15H20N4O/c1-11-14(10-15(20)17-9-8-16)12(2)19(18-11)13-6-4-3-5-7-13/h3-7H,8-10,16H2,1-2H3,(H,17,20). The SMILES string of the molecule is Cc1nn(-c2ccccc2)c(C)c1CC(=O)NCCN. The Balaban J connectivity index is 2.23. The van der Waals surface area contributed by atoms with Gasteiger partial charge >= 0.3 is 0 Å². The van der Waals surface area contributed by atoms with Crippen LogP contribution in [0.5, 0.6) is 0 Å². The number of carbonyl (C=O) groups is 1. The van der Waals surface area contributed by atoms with Gasteiger partial charge in [-0.25, -0.2) is 4.68 Å². The zero-order valence-corrected chi connectivity index (χ0v) is 11.9. The Bertz CT molecular complexity index is 589. The van der Waals surface area contributed by atoms with E-state index in [2.05, 4.69) is 10.4 Å². The monoisotopic (exact) mass is 272 g/mol. The fourth-order valence-electron chi connectivity index (χ4n) is 2.19. The first kappa shape index (κ1) is 14.3. The number of para-hydroxylation sites is 1. The third-order valence-corrected chi connectivity index (χ3v) is 3.25. The van der Waals surface area contributed by atoms with Crippen LogP contribution in [0.2, 0.25) is 0 Å². The lowest BCUT2D eigenvalue weighted by molar-refractivity contribution is -0.120. The van der Waals surface area contributed by atoms with Crippen LogP contribution in [0, 0.1) is 13.8 Å². The minimum absolute atomic E-state index is 0.0192. The van der Waals surface area contributed by atoms with Gasteiger partial charge in [0, 0.05) is 24.3 Å². The van der Waals surface area contributed by atoms with E-state index in [1.54, 1.807) is 0 Å². The Morgan fingerprint density at radius 2 is 2.00 bits per heavy atom. The lowest BCUT2D eigenvalue weighted by Crippen LogP contribution is -2.30. The first-order valence-corrected chi connectivity index (χ1v) is 6.70. The summed E-state index contributed by atoms with van der Waals surface area (Å²) in [4.78, 5) is 11.8. The van der Waals surface area contributed by atoms with Crippen LogP contribution in [0.4, 0.5) is 0 Å². The van der Waals surface area contributed by atoms with E-state index in [1.807, 2.05) is 48.9 Å². The number of nitrogens with two attached hydrogens (primary N) is 1. The summed E-state index contributed by atoms with van der Waals surface area (Å²) < 4.78 is 1.88. The van der Waals surface area contributed by atoms with Crippen LogP contribution in [0.25, 0.3) is 5.69 Å². The Morgan fingerprint density at radius 1 is 1.30 bits per heavy atom. The van der Waals surface area contributed by atoms with Gasteiger partial charge < -0.3 is 11.1 Å². The summed E-state index contributed by atoms with van der Waals surface area (Å²) in [6.07, 6.45) is 0.338. The lowest BCUT2D eigenvalue weighted by Gasteiger charge is -2.06. The fourth-order valence-corrected chi connectivity index (χ4v) is 2.19. The molecule has 0 radical (unpaired) electrons. The van der Waals surface area contributed by atoms with Crippen LogP contribution >= 0.6 is 0 Å². The summed E-state index contributed by atoms with van der Waals surface area (Å²) in [5.41, 5.74) is 9.24. The number of carbonyl (C=O) groups excluding carboxylic acids is 1. The van der Waals surface area contributed by atoms with Crippen LogP contribution in [-0.2, 0) is 11.2 Å². The molecule has 5 heteroatoms. The highest BCUT2D eigenvalue weighted by molar-refractivity contribution is 5.79. The first-order valence-electron chi connectivity index (χ1n) is 6.70. The smallest absolute Gasteiger partial charge is 0.224 e. The fraction of sp³-hybridized carbons (Fsp3) is 0.333. The zero-order chi connectivity index (χ0) is 14.5. The third-order valence-electron chi connectivity index (χ3n) is 3.25. The zero-order valence-electron chi connectivity index (χ0n) is 11.9. The molecule has 0 aliphatic rings. The highest BCUT2D eigenvalue weighted by Crippen LogP contribution is 2.18. The number of aryl methyl sites for hydroxylation is 1. The van der Waals surface area contributed by atoms with Gasteiger partial charge in [0.2, 0.25) is 5.91 Å². The number of aromatic nitrogens is 2. The highest BCUT2D eigenvalue weighted by Gasteiger charge is 2.15. The van der Waals surface area contributed by atoms with Gasteiger partial charge in [-0.3, -0.25) is 4.79 Å². The van der Waals surface area contributed by atoms with Gasteiger partial charge in [0.25, 0.3) is 0 Å². The molecule has 0 spiro atoms. The second-order valence-electron chi connectivity index (χ2n) is 4.71. The van der Waals surface area contributed by atoms with Crippen molar-refractivity contribution in [2.75, 3.05) is 13.1 Å². The summed E-state index contributed by atoms with van der Waals surface area (Å²) in [6.45, 7) is 4.87. The second-order valence-corrected chi connectivity index (χ2v) is 4.71. The van der Waals surface area contributed by atoms with Gasteiger partial charge in [0.05, 0.1) is 17.8 Å². The van der Waals surface area contributed by atoms with Gasteiger partial charge in [-0.2, -0.15) is 5.10 Å². The van der Waals surface area contributed by atoms with E-state index >= 15 is 0 Å². The molecule has 20 heavy (non-hydrogen) atoms. The molecule has 0 saturated heterocycles. The van der Waals surface area contributed by atoms with Crippen molar-refractivity contribution >= 4 is 5.91 Å². The molecule has 0 aliphatic heterocycles. The summed E-state index contributed by atoms with van der Waals surface area (Å²) in [7, 11) is 0. The van der Waals surface area contributed by atoms with Gasteiger partial charge in [-0.1, -0.05) is 18.2 Å². The molecule has 0 fully saturated rings. The average molecular weight is 272 g/mol. The predicted molar refractivity (Wildman–Crippen MR) is 78.8 cm³/mol. The lowest BCUT2D eigenvalue weighted by atomic mass is 10.1. The Morgan fingerprint density at radius 3 is 2.65 bits per heavy atom. The Hall–Kier alpha value is -2.14. The van der Waals surface area contributed by atoms with Gasteiger partial charge in [-0.15, -0.1) is 0 Å². The number of hydrogen-bond acceptors (Lipinski definition) is 3. The Labute approximate surface area is 118 Å². The molecule has 0 atom stereocenters. The molecule has 1 aromatic heterocycles. The van der Waals surface area contributed by atoms with E-state index in [9.17, 15) is 4.79 Å². The number of benzene rings is 1. The van der Waals surface area contributed by atoms with Crippen LogP contribution in [0.15, 0.2) is 30.3 Å². The maximum atomic E-state index is 11.8. The highest BCUT2D eigenvalue weighted by atomic mass is 16.1. The van der Waals surface area contributed by atoms with Crippen molar-refractivity contribution in [1.29, 1.82) is 0 Å². The maximum Gasteiger partial charge on any atom is 0.224 e. The van der Waals surface area contributed by atoms with Crippen molar-refractivity contribution in [1.82, 2.24) is 15.1 Å². The van der Waals surface area contributed by atoms with Crippen LogP contribution < -0.4 is 11.1 Å². The molecule has 1 amide bonds. The summed E-state index contributed by atoms with van der Waals surface area (Å²) >= 11 is 0. The molecular formula is C15H20N4O. The molecule has 5 nitrogen and oxygen atoms in total. The van der Waals surface area contributed by atoms with Crippen molar-refractivity contribution in [3.63, 3.8) is 0 Å². The molecule has 2 aromatic rings. The van der Waals surface area contributed by atoms with Gasteiger partial charge in [0.1, 0.15) is 0 Å². The predicted octanol–water partition coefficient (Wildman–Crippen LogP) is 1.11. The van der Waals surface area contributed by atoms with Crippen molar-refractivity contribution in [3.8, 4) is 5.69 Å². The molecule has 0 saturated carbocycles. The summed E-state index contributed by atoms with van der Waals surface area (Å²) in [6, 6.07) is 9.91. The number of nitrogens with zero attached hydrogens (tertiary/aromatic N) is 2. The molecule has 1 heterocycles. The van der Waals surface area contributed by atoms with Crippen LogP contribution in [0.3, 0.4) is 0 Å². The number of amides is 1. The molecule has 0 aliphatic carbocycles. The van der Waals surface area contributed by atoms with Crippen LogP contribution in [-0.4, -0.2) is 28.8 Å². The van der Waals surface area contributed by atoms with E-state index in [1.165, 1.54) is 0 Å². The summed E-state index contributed by atoms with van der Waals surface area (Å²) in [5, 5.41) is 7.31. The van der Waals surface area contributed by atoms with E-state index in [0.717, 1.165) is 22.6 Å². The van der Waals surface area contributed by atoms with Crippen LogP contribution in [0.1, 0.15) is 17.0 Å². The Kier molecular flexibility index (Phi) is 4.53. The minimum atomic E-state index is -0.0192.